The molecule has 2 aromatic carbocycles. The Labute approximate surface area is 208 Å². The average Bonchev–Trinajstić information content (AvgIpc) is 2.71. The zero-order valence-electron chi connectivity index (χ0n) is 17.6. The molecule has 0 aromatic heterocycles. The van der Waals surface area contributed by atoms with Crippen LogP contribution in [0.5, 0.6) is 0 Å². The summed E-state index contributed by atoms with van der Waals surface area (Å²) in [6, 6.07) is 4.81. The first-order valence-electron chi connectivity index (χ1n) is 9.45. The maximum atomic E-state index is 13.1. The van der Waals surface area contributed by atoms with Gasteiger partial charge < -0.3 is 10.1 Å². The van der Waals surface area contributed by atoms with E-state index < -0.39 is 56.4 Å². The van der Waals surface area contributed by atoms with E-state index in [4.69, 9.17) is 39.5 Å². The van der Waals surface area contributed by atoms with Gasteiger partial charge in [0.1, 0.15) is 4.90 Å². The molecule has 0 bridgehead atoms. The zero-order chi connectivity index (χ0) is 25.8. The molecular formula is C20H18Cl3F3N2O5S. The number of esters is 1. The lowest BCUT2D eigenvalue weighted by Gasteiger charge is -2.15. The second kappa shape index (κ2) is 11.1. The Morgan fingerprint density at radius 3 is 2.29 bits per heavy atom. The molecule has 0 fully saturated rings. The number of anilines is 1. The Bertz CT molecular complexity index is 1200. The maximum absolute atomic E-state index is 13.1. The zero-order valence-corrected chi connectivity index (χ0v) is 20.7. The molecule has 0 aliphatic rings. The van der Waals surface area contributed by atoms with Crippen molar-refractivity contribution in [1.82, 2.24) is 4.72 Å². The molecule has 0 aliphatic carbocycles. The Hall–Kier alpha value is -2.05. The molecule has 0 heterocycles. The molecule has 2 rings (SSSR count). The number of nitrogens with one attached hydrogen (secondary N) is 2. The van der Waals surface area contributed by atoms with Gasteiger partial charge in [-0.25, -0.2) is 17.9 Å². The van der Waals surface area contributed by atoms with E-state index in [2.05, 4.69) is 4.72 Å². The highest BCUT2D eigenvalue weighted by Crippen LogP contribution is 2.38. The SMILES string of the molecule is CC(C)CNS(=O)(=O)c1cc(C(=O)OCC(=O)Nc2c(Cl)cccc2C(F)(F)F)c(Cl)cc1Cl. The van der Waals surface area contributed by atoms with Gasteiger partial charge in [0.2, 0.25) is 10.0 Å². The van der Waals surface area contributed by atoms with Crippen LogP contribution in [0.4, 0.5) is 18.9 Å². The van der Waals surface area contributed by atoms with Crippen LogP contribution in [-0.2, 0) is 25.7 Å². The second-order valence-corrected chi connectivity index (χ2v) is 10.2. The van der Waals surface area contributed by atoms with Crippen molar-refractivity contribution in [1.29, 1.82) is 0 Å². The summed E-state index contributed by atoms with van der Waals surface area (Å²) in [5.74, 6) is -2.34. The predicted molar refractivity (Wildman–Crippen MR) is 122 cm³/mol. The number of hydrogen-bond donors (Lipinski definition) is 2. The van der Waals surface area contributed by atoms with Crippen LogP contribution < -0.4 is 10.0 Å². The number of carbonyl (C=O) groups is 2. The van der Waals surface area contributed by atoms with E-state index >= 15 is 0 Å². The summed E-state index contributed by atoms with van der Waals surface area (Å²) < 4.78 is 71.6. The molecule has 2 N–H and O–H groups in total. The molecule has 0 saturated carbocycles. The third-order valence-corrected chi connectivity index (χ3v) is 6.65. The number of carbonyl (C=O) groups excluding carboxylic acids is 2. The molecule has 7 nitrogen and oxygen atoms in total. The minimum absolute atomic E-state index is 0.0141. The number of hydrogen-bond acceptors (Lipinski definition) is 5. The van der Waals surface area contributed by atoms with Crippen molar-refractivity contribution in [2.75, 3.05) is 18.5 Å². The number of rotatable bonds is 8. The van der Waals surface area contributed by atoms with Gasteiger partial charge in [-0.05, 0) is 30.2 Å². The van der Waals surface area contributed by atoms with E-state index in [-0.39, 0.29) is 27.5 Å². The van der Waals surface area contributed by atoms with E-state index in [0.717, 1.165) is 30.3 Å². The minimum atomic E-state index is -4.80. The van der Waals surface area contributed by atoms with Crippen molar-refractivity contribution in [2.24, 2.45) is 5.92 Å². The van der Waals surface area contributed by atoms with Crippen molar-refractivity contribution >= 4 is 62.4 Å². The van der Waals surface area contributed by atoms with Crippen LogP contribution in [0.1, 0.15) is 29.8 Å². The Morgan fingerprint density at radius 2 is 1.71 bits per heavy atom. The lowest BCUT2D eigenvalue weighted by molar-refractivity contribution is -0.137. The number of para-hydroxylation sites is 1. The van der Waals surface area contributed by atoms with Crippen LogP contribution in [0.25, 0.3) is 0 Å². The fraction of sp³-hybridized carbons (Fsp3) is 0.300. The fourth-order valence-electron chi connectivity index (χ4n) is 2.52. The summed E-state index contributed by atoms with van der Waals surface area (Å²) in [5.41, 5.74) is -2.31. The highest BCUT2D eigenvalue weighted by molar-refractivity contribution is 7.89. The first-order valence-corrected chi connectivity index (χ1v) is 12.1. The standard InChI is InChI=1S/C20H18Cl3F3N2O5S/c1-10(2)8-27-34(31,32)16-6-11(14(22)7-15(16)23)19(30)33-9-17(29)28-18-12(20(24,25)26)4-3-5-13(18)21/h3-7,10,27H,8-9H2,1-2H3,(H,28,29). The van der Waals surface area contributed by atoms with Gasteiger partial charge in [0, 0.05) is 6.54 Å². The van der Waals surface area contributed by atoms with E-state index in [1.807, 2.05) is 5.32 Å². The summed E-state index contributed by atoms with van der Waals surface area (Å²) in [6.45, 7) is 2.65. The first kappa shape index (κ1) is 28.2. The molecule has 186 valence electrons. The van der Waals surface area contributed by atoms with Gasteiger partial charge in [-0.1, -0.05) is 54.7 Å². The number of halogens is 6. The third-order valence-electron chi connectivity index (χ3n) is 4.13. The van der Waals surface area contributed by atoms with Crippen LogP contribution >= 0.6 is 34.8 Å². The fourth-order valence-corrected chi connectivity index (χ4v) is 4.80. The van der Waals surface area contributed by atoms with Gasteiger partial charge >= 0.3 is 12.1 Å². The normalized spacial score (nSPS) is 12.0. The van der Waals surface area contributed by atoms with Gasteiger partial charge in [0.15, 0.2) is 6.61 Å². The topological polar surface area (TPSA) is 102 Å². The van der Waals surface area contributed by atoms with Gasteiger partial charge in [-0.2, -0.15) is 13.2 Å². The maximum Gasteiger partial charge on any atom is 0.418 e. The summed E-state index contributed by atoms with van der Waals surface area (Å²) >= 11 is 17.7. The van der Waals surface area contributed by atoms with Gasteiger partial charge in [0.05, 0.1) is 31.9 Å². The molecule has 0 spiro atoms. The molecule has 0 radical (unpaired) electrons. The Morgan fingerprint density at radius 1 is 1.06 bits per heavy atom. The van der Waals surface area contributed by atoms with Crippen molar-refractivity contribution in [3.8, 4) is 0 Å². The van der Waals surface area contributed by atoms with Crippen LogP contribution in [0.15, 0.2) is 35.2 Å². The van der Waals surface area contributed by atoms with Crippen molar-refractivity contribution in [3.05, 3.63) is 56.5 Å². The van der Waals surface area contributed by atoms with Crippen LogP contribution in [0.2, 0.25) is 15.1 Å². The highest BCUT2D eigenvalue weighted by atomic mass is 35.5. The molecule has 0 atom stereocenters. The third kappa shape index (κ3) is 7.22. The van der Waals surface area contributed by atoms with Crippen LogP contribution in [-0.4, -0.2) is 33.4 Å². The lowest BCUT2D eigenvalue weighted by Crippen LogP contribution is -2.28. The quantitative estimate of drug-likeness (QED) is 0.421. The molecular weight excluding hydrogens is 544 g/mol. The van der Waals surface area contributed by atoms with E-state index in [9.17, 15) is 31.2 Å². The summed E-state index contributed by atoms with van der Waals surface area (Å²) in [4.78, 5) is 24.1. The average molecular weight is 562 g/mol. The molecule has 34 heavy (non-hydrogen) atoms. The molecule has 1 amide bonds. The molecule has 2 aromatic rings. The van der Waals surface area contributed by atoms with Crippen molar-refractivity contribution in [2.45, 2.75) is 24.9 Å². The van der Waals surface area contributed by atoms with Crippen LogP contribution in [0, 0.1) is 5.92 Å². The van der Waals surface area contributed by atoms with E-state index in [0.29, 0.717) is 0 Å². The largest absolute Gasteiger partial charge is 0.452 e. The molecule has 0 unspecified atom stereocenters. The number of amides is 1. The number of sulfonamides is 1. The summed E-state index contributed by atoms with van der Waals surface area (Å²) in [6.07, 6.45) is -4.80. The minimum Gasteiger partial charge on any atom is -0.452 e. The second-order valence-electron chi connectivity index (χ2n) is 7.29. The van der Waals surface area contributed by atoms with Crippen molar-refractivity contribution < 1.29 is 35.9 Å². The number of benzene rings is 2. The van der Waals surface area contributed by atoms with Crippen molar-refractivity contribution in [3.63, 3.8) is 0 Å². The number of ether oxygens (including phenoxy) is 1. The predicted octanol–water partition coefficient (Wildman–Crippen LogP) is 5.40. The molecule has 0 aliphatic heterocycles. The van der Waals surface area contributed by atoms with E-state index in [1.165, 1.54) is 0 Å². The monoisotopic (exact) mass is 560 g/mol. The number of alkyl halides is 3. The smallest absolute Gasteiger partial charge is 0.418 e. The lowest BCUT2D eigenvalue weighted by atomic mass is 10.1. The molecule has 14 heteroatoms. The highest BCUT2D eigenvalue weighted by Gasteiger charge is 2.35. The van der Waals surface area contributed by atoms with Gasteiger partial charge in [-0.15, -0.1) is 0 Å². The Balaban J connectivity index is 2.19. The van der Waals surface area contributed by atoms with E-state index in [1.54, 1.807) is 13.8 Å². The van der Waals surface area contributed by atoms with Gasteiger partial charge in [0.25, 0.3) is 5.91 Å². The summed E-state index contributed by atoms with van der Waals surface area (Å²) in [5, 5.41) is 1.06. The summed E-state index contributed by atoms with van der Waals surface area (Å²) in [7, 11) is -4.10. The first-order chi connectivity index (χ1) is 15.6. The molecule has 0 saturated heterocycles. The van der Waals surface area contributed by atoms with Crippen LogP contribution in [0.3, 0.4) is 0 Å². The van der Waals surface area contributed by atoms with Gasteiger partial charge in [-0.3, -0.25) is 4.79 Å². The Kier molecular flexibility index (Phi) is 9.23.